The predicted molar refractivity (Wildman–Crippen MR) is 115 cm³/mol. The largest absolute Gasteiger partial charge is 0.496 e. The van der Waals surface area contributed by atoms with Crippen LogP contribution in [0.25, 0.3) is 0 Å². The van der Waals surface area contributed by atoms with Gasteiger partial charge in [-0.1, -0.05) is 48.0 Å². The second kappa shape index (κ2) is 9.21. The fourth-order valence-corrected chi connectivity index (χ4v) is 3.79. The van der Waals surface area contributed by atoms with Crippen LogP contribution in [-0.4, -0.2) is 20.4 Å². The molecule has 1 N–H and O–H groups in total. The summed E-state index contributed by atoms with van der Waals surface area (Å²) in [5.74, 6) is 2.68. The van der Waals surface area contributed by atoms with Gasteiger partial charge < -0.3 is 19.5 Å². The minimum Gasteiger partial charge on any atom is -0.496 e. The van der Waals surface area contributed by atoms with E-state index in [1.807, 2.05) is 42.5 Å². The van der Waals surface area contributed by atoms with Gasteiger partial charge in [0.25, 0.3) is 0 Å². The Labute approximate surface area is 176 Å². The average molecular weight is 410 g/mol. The maximum absolute atomic E-state index is 5.97. The van der Waals surface area contributed by atoms with E-state index in [-0.39, 0.29) is 12.7 Å². The minimum absolute atomic E-state index is 0.179. The third-order valence-electron chi connectivity index (χ3n) is 5.17. The molecule has 0 aromatic heterocycles. The molecule has 1 aliphatic heterocycles. The standard InChI is InChI=1S/C24H24ClNO3/c1-27-22-5-3-2-4-21(22)20(18-8-11-23-24(14-18)29-16-28-23)12-13-26-15-17-6-9-19(25)10-7-17/h2-11,14,20,26H,12-13,15-16H2,1H3/t20-/m0/s1. The van der Waals surface area contributed by atoms with E-state index in [4.69, 9.17) is 25.8 Å². The molecule has 0 bridgehead atoms. The Morgan fingerprint density at radius 1 is 1.00 bits per heavy atom. The molecule has 0 saturated carbocycles. The molecule has 150 valence electrons. The zero-order chi connectivity index (χ0) is 20.1. The van der Waals surface area contributed by atoms with E-state index >= 15 is 0 Å². The fourth-order valence-electron chi connectivity index (χ4n) is 3.67. The molecule has 0 saturated heterocycles. The lowest BCUT2D eigenvalue weighted by molar-refractivity contribution is 0.174. The number of benzene rings is 3. The SMILES string of the molecule is COc1ccccc1[C@@H](CCNCc1ccc(Cl)cc1)c1ccc2c(c1)OCO2. The molecular formula is C24H24ClNO3. The summed E-state index contributed by atoms with van der Waals surface area (Å²) in [6.45, 7) is 1.94. The molecule has 1 aliphatic rings. The first-order valence-corrected chi connectivity index (χ1v) is 10.1. The van der Waals surface area contributed by atoms with E-state index in [0.717, 1.165) is 41.8 Å². The van der Waals surface area contributed by atoms with E-state index < -0.39 is 0 Å². The number of rotatable bonds is 8. The molecule has 0 fully saturated rings. The first-order chi connectivity index (χ1) is 14.2. The highest BCUT2D eigenvalue weighted by Crippen LogP contribution is 2.39. The van der Waals surface area contributed by atoms with Crippen molar-refractivity contribution in [3.8, 4) is 17.2 Å². The number of nitrogens with one attached hydrogen (secondary N) is 1. The molecule has 0 unspecified atom stereocenters. The monoisotopic (exact) mass is 409 g/mol. The maximum atomic E-state index is 5.97. The van der Waals surface area contributed by atoms with Crippen LogP contribution in [0.4, 0.5) is 0 Å². The van der Waals surface area contributed by atoms with E-state index in [1.54, 1.807) is 7.11 Å². The van der Waals surface area contributed by atoms with Gasteiger partial charge in [0.05, 0.1) is 7.11 Å². The highest BCUT2D eigenvalue weighted by molar-refractivity contribution is 6.30. The van der Waals surface area contributed by atoms with Crippen LogP contribution in [0.15, 0.2) is 66.7 Å². The summed E-state index contributed by atoms with van der Waals surface area (Å²) in [6, 6.07) is 22.3. The topological polar surface area (TPSA) is 39.7 Å². The number of halogens is 1. The normalized spacial score (nSPS) is 13.3. The number of fused-ring (bicyclic) bond motifs is 1. The molecule has 0 radical (unpaired) electrons. The van der Waals surface area contributed by atoms with Gasteiger partial charge in [-0.15, -0.1) is 0 Å². The molecule has 3 aromatic rings. The summed E-state index contributed by atoms with van der Waals surface area (Å²) < 4.78 is 16.7. The van der Waals surface area contributed by atoms with E-state index in [1.165, 1.54) is 16.7 Å². The fraction of sp³-hybridized carbons (Fsp3) is 0.250. The summed E-state index contributed by atoms with van der Waals surface area (Å²) >= 11 is 5.97. The van der Waals surface area contributed by atoms with Gasteiger partial charge in [-0.2, -0.15) is 0 Å². The van der Waals surface area contributed by atoms with Crippen LogP contribution < -0.4 is 19.5 Å². The van der Waals surface area contributed by atoms with Gasteiger partial charge in [0.15, 0.2) is 11.5 Å². The Hall–Kier alpha value is -2.69. The quantitative estimate of drug-likeness (QED) is 0.506. The third kappa shape index (κ3) is 4.66. The summed E-state index contributed by atoms with van der Waals surface area (Å²) in [5, 5.41) is 4.30. The van der Waals surface area contributed by atoms with Crippen molar-refractivity contribution in [3.05, 3.63) is 88.4 Å². The molecule has 1 heterocycles. The highest BCUT2D eigenvalue weighted by Gasteiger charge is 2.21. The second-order valence-corrected chi connectivity index (χ2v) is 7.44. The molecule has 0 spiro atoms. The first kappa shape index (κ1) is 19.6. The molecule has 0 aliphatic carbocycles. The molecule has 0 amide bonds. The van der Waals surface area contributed by atoms with Crippen LogP contribution in [0.2, 0.25) is 5.02 Å². The molecule has 5 heteroatoms. The van der Waals surface area contributed by atoms with Crippen LogP contribution in [0, 0.1) is 0 Å². The molecule has 4 nitrogen and oxygen atoms in total. The summed E-state index contributed by atoms with van der Waals surface area (Å²) in [4.78, 5) is 0. The summed E-state index contributed by atoms with van der Waals surface area (Å²) in [7, 11) is 1.72. The molecule has 3 aromatic carbocycles. The Morgan fingerprint density at radius 2 is 1.79 bits per heavy atom. The van der Waals surface area contributed by atoms with Crippen LogP contribution in [0.5, 0.6) is 17.2 Å². The van der Waals surface area contributed by atoms with Gasteiger partial charge in [-0.25, -0.2) is 0 Å². The van der Waals surface area contributed by atoms with Gasteiger partial charge in [0.1, 0.15) is 5.75 Å². The van der Waals surface area contributed by atoms with Crippen molar-refractivity contribution in [1.82, 2.24) is 5.32 Å². The van der Waals surface area contributed by atoms with Crippen molar-refractivity contribution in [2.45, 2.75) is 18.9 Å². The van der Waals surface area contributed by atoms with E-state index in [2.05, 4.69) is 29.6 Å². The first-order valence-electron chi connectivity index (χ1n) is 9.72. The predicted octanol–water partition coefficient (Wildman–Crippen LogP) is 5.39. The van der Waals surface area contributed by atoms with Crippen molar-refractivity contribution in [3.63, 3.8) is 0 Å². The van der Waals surface area contributed by atoms with Crippen molar-refractivity contribution < 1.29 is 14.2 Å². The lowest BCUT2D eigenvalue weighted by Crippen LogP contribution is -2.18. The highest BCUT2D eigenvalue weighted by atomic mass is 35.5. The summed E-state index contributed by atoms with van der Waals surface area (Å²) in [6.07, 6.45) is 0.924. The maximum Gasteiger partial charge on any atom is 0.231 e. The van der Waals surface area contributed by atoms with E-state index in [9.17, 15) is 0 Å². The van der Waals surface area contributed by atoms with Gasteiger partial charge in [-0.05, 0) is 54.4 Å². The van der Waals surface area contributed by atoms with Crippen molar-refractivity contribution in [2.75, 3.05) is 20.4 Å². The Kier molecular flexibility index (Phi) is 6.23. The minimum atomic E-state index is 0.179. The van der Waals surface area contributed by atoms with E-state index in [0.29, 0.717) is 0 Å². The second-order valence-electron chi connectivity index (χ2n) is 7.00. The van der Waals surface area contributed by atoms with Gasteiger partial charge in [-0.3, -0.25) is 0 Å². The average Bonchev–Trinajstić information content (AvgIpc) is 3.23. The van der Waals surface area contributed by atoms with Gasteiger partial charge >= 0.3 is 0 Å². The number of hydrogen-bond donors (Lipinski definition) is 1. The molecule has 29 heavy (non-hydrogen) atoms. The van der Waals surface area contributed by atoms with Crippen LogP contribution in [0.3, 0.4) is 0 Å². The number of para-hydroxylation sites is 1. The summed E-state index contributed by atoms with van der Waals surface area (Å²) in [5.41, 5.74) is 3.57. The number of methoxy groups -OCH3 is 1. The zero-order valence-corrected chi connectivity index (χ0v) is 17.1. The number of hydrogen-bond acceptors (Lipinski definition) is 4. The molecular weight excluding hydrogens is 386 g/mol. The third-order valence-corrected chi connectivity index (χ3v) is 5.42. The van der Waals surface area contributed by atoms with Crippen LogP contribution in [0.1, 0.15) is 29.0 Å². The van der Waals surface area contributed by atoms with Crippen molar-refractivity contribution in [1.29, 1.82) is 0 Å². The smallest absolute Gasteiger partial charge is 0.231 e. The lowest BCUT2D eigenvalue weighted by Gasteiger charge is -2.21. The Morgan fingerprint density at radius 3 is 2.62 bits per heavy atom. The van der Waals surface area contributed by atoms with Crippen LogP contribution in [-0.2, 0) is 6.54 Å². The zero-order valence-electron chi connectivity index (χ0n) is 16.4. The van der Waals surface area contributed by atoms with Crippen molar-refractivity contribution >= 4 is 11.6 Å². The van der Waals surface area contributed by atoms with Gasteiger partial charge in [0.2, 0.25) is 6.79 Å². The van der Waals surface area contributed by atoms with Gasteiger partial charge in [0, 0.05) is 23.0 Å². The lowest BCUT2D eigenvalue weighted by atomic mass is 9.87. The molecule has 1 atom stereocenters. The van der Waals surface area contributed by atoms with Crippen molar-refractivity contribution in [2.24, 2.45) is 0 Å². The Balaban J connectivity index is 1.51. The Bertz CT molecular complexity index is 959. The van der Waals surface area contributed by atoms with Crippen LogP contribution >= 0.6 is 11.6 Å². The number of ether oxygens (including phenoxy) is 3. The molecule has 4 rings (SSSR count).